The lowest BCUT2D eigenvalue weighted by atomic mass is 10.1. The molecule has 2 rings (SSSR count). The number of nitrogens with two attached hydrogens (primary N) is 1. The first kappa shape index (κ1) is 14.1. The summed E-state index contributed by atoms with van der Waals surface area (Å²) in [4.78, 5) is 3.41. The molecule has 1 fully saturated rings. The van der Waals surface area contributed by atoms with Gasteiger partial charge in [0, 0.05) is 23.7 Å². The fourth-order valence-corrected chi connectivity index (χ4v) is 3.36. The van der Waals surface area contributed by atoms with Gasteiger partial charge in [-0.25, -0.2) is 0 Å². The van der Waals surface area contributed by atoms with Crippen molar-refractivity contribution in [1.29, 1.82) is 0 Å². The third-order valence-corrected chi connectivity index (χ3v) is 4.37. The molecule has 0 amide bonds. The van der Waals surface area contributed by atoms with Gasteiger partial charge in [0.05, 0.1) is 5.56 Å². The molecule has 19 heavy (non-hydrogen) atoms. The largest absolute Gasteiger partial charge is 0.409 e. The van der Waals surface area contributed by atoms with Crippen molar-refractivity contribution in [3.8, 4) is 0 Å². The fraction of sp³-hybridized carbons (Fsp3) is 0.500. The Morgan fingerprint density at radius 1 is 1.58 bits per heavy atom. The smallest absolute Gasteiger partial charge is 0.173 e. The first-order valence-electron chi connectivity index (χ1n) is 6.66. The number of hydrogen-bond donors (Lipinski definition) is 2. The van der Waals surface area contributed by atoms with E-state index in [1.807, 2.05) is 12.1 Å². The molecule has 1 aliphatic rings. The lowest BCUT2D eigenvalue weighted by molar-refractivity contribution is 0.318. The lowest BCUT2D eigenvalue weighted by Gasteiger charge is -2.23. The molecular formula is C14H21N3OS. The molecule has 0 spiro atoms. The van der Waals surface area contributed by atoms with Gasteiger partial charge >= 0.3 is 0 Å². The predicted molar refractivity (Wildman–Crippen MR) is 81.3 cm³/mol. The van der Waals surface area contributed by atoms with Crippen molar-refractivity contribution in [3.05, 3.63) is 23.8 Å². The summed E-state index contributed by atoms with van der Waals surface area (Å²) in [5.74, 6) is 1.86. The highest BCUT2D eigenvalue weighted by atomic mass is 32.2. The third-order valence-electron chi connectivity index (χ3n) is 3.43. The standard InChI is InChI=1S/C14H21N3OS/c1-3-19-12-6-4-5-11(13(12)14(15)16-18)17-8-7-10(2)9-17/h4-6,10,18H,3,7-9H2,1-2H3,(H2,15,16). The van der Waals surface area contributed by atoms with Crippen LogP contribution in [-0.4, -0.2) is 29.9 Å². The Labute approximate surface area is 118 Å². The van der Waals surface area contributed by atoms with Crippen LogP contribution in [0.15, 0.2) is 28.3 Å². The van der Waals surface area contributed by atoms with Crippen molar-refractivity contribution >= 4 is 23.3 Å². The van der Waals surface area contributed by atoms with Crippen LogP contribution in [-0.2, 0) is 0 Å². The Morgan fingerprint density at radius 2 is 2.37 bits per heavy atom. The molecule has 3 N–H and O–H groups in total. The van der Waals surface area contributed by atoms with E-state index in [0.717, 1.165) is 35.0 Å². The Kier molecular flexibility index (Phi) is 4.58. The number of hydrogen-bond acceptors (Lipinski definition) is 4. The van der Waals surface area contributed by atoms with Gasteiger partial charge in [-0.1, -0.05) is 25.1 Å². The molecule has 1 saturated heterocycles. The van der Waals surface area contributed by atoms with Crippen LogP contribution in [0.5, 0.6) is 0 Å². The van der Waals surface area contributed by atoms with Crippen LogP contribution in [0.4, 0.5) is 5.69 Å². The van der Waals surface area contributed by atoms with E-state index in [1.54, 1.807) is 11.8 Å². The Hall–Kier alpha value is -1.36. The first-order chi connectivity index (χ1) is 9.17. The van der Waals surface area contributed by atoms with Gasteiger partial charge in [0.15, 0.2) is 5.84 Å². The number of rotatable bonds is 4. The summed E-state index contributed by atoms with van der Waals surface area (Å²) < 4.78 is 0. The molecule has 1 aliphatic heterocycles. The van der Waals surface area contributed by atoms with Gasteiger partial charge < -0.3 is 15.8 Å². The van der Waals surface area contributed by atoms with Gasteiger partial charge in [-0.05, 0) is 30.2 Å². The maximum atomic E-state index is 9.04. The average molecular weight is 279 g/mol. The number of benzene rings is 1. The maximum absolute atomic E-state index is 9.04. The van der Waals surface area contributed by atoms with Crippen LogP contribution in [0.2, 0.25) is 0 Å². The number of thioether (sulfide) groups is 1. The van der Waals surface area contributed by atoms with Crippen molar-refractivity contribution in [2.45, 2.75) is 25.2 Å². The lowest BCUT2D eigenvalue weighted by Crippen LogP contribution is -2.25. The van der Waals surface area contributed by atoms with Crippen LogP contribution < -0.4 is 10.6 Å². The summed E-state index contributed by atoms with van der Waals surface area (Å²) in [6, 6.07) is 6.14. The number of oxime groups is 1. The molecule has 0 saturated carbocycles. The van der Waals surface area contributed by atoms with E-state index >= 15 is 0 Å². The SMILES string of the molecule is CCSc1cccc(N2CCC(C)C2)c1/C(N)=N/O. The Bertz CT molecular complexity index is 476. The molecular weight excluding hydrogens is 258 g/mol. The van der Waals surface area contributed by atoms with Gasteiger partial charge in [-0.15, -0.1) is 11.8 Å². The van der Waals surface area contributed by atoms with Gasteiger partial charge in [0.2, 0.25) is 0 Å². The average Bonchev–Trinajstić information content (AvgIpc) is 2.84. The zero-order valence-electron chi connectivity index (χ0n) is 11.5. The summed E-state index contributed by atoms with van der Waals surface area (Å²) in [6.07, 6.45) is 1.20. The molecule has 104 valence electrons. The van der Waals surface area contributed by atoms with E-state index in [9.17, 15) is 0 Å². The van der Waals surface area contributed by atoms with Crippen molar-refractivity contribution in [2.24, 2.45) is 16.8 Å². The molecule has 0 aliphatic carbocycles. The van der Waals surface area contributed by atoms with Gasteiger partial charge in [-0.3, -0.25) is 0 Å². The Morgan fingerprint density at radius 3 is 2.95 bits per heavy atom. The minimum Gasteiger partial charge on any atom is -0.409 e. The van der Waals surface area contributed by atoms with Gasteiger partial charge in [0.25, 0.3) is 0 Å². The number of amidine groups is 1. The van der Waals surface area contributed by atoms with Crippen LogP contribution in [0.3, 0.4) is 0 Å². The van der Waals surface area contributed by atoms with E-state index in [1.165, 1.54) is 6.42 Å². The summed E-state index contributed by atoms with van der Waals surface area (Å²) in [5.41, 5.74) is 7.84. The molecule has 1 aromatic rings. The topological polar surface area (TPSA) is 61.8 Å². The van der Waals surface area contributed by atoms with E-state index < -0.39 is 0 Å². The van der Waals surface area contributed by atoms with Crippen molar-refractivity contribution in [3.63, 3.8) is 0 Å². The molecule has 5 heteroatoms. The molecule has 1 aromatic carbocycles. The molecule has 4 nitrogen and oxygen atoms in total. The Balaban J connectivity index is 2.44. The predicted octanol–water partition coefficient (Wildman–Crippen LogP) is 2.74. The normalized spacial score (nSPS) is 20.0. The summed E-state index contributed by atoms with van der Waals surface area (Å²) in [7, 11) is 0. The minimum absolute atomic E-state index is 0.200. The number of anilines is 1. The zero-order chi connectivity index (χ0) is 13.8. The van der Waals surface area contributed by atoms with E-state index in [4.69, 9.17) is 10.9 Å². The monoisotopic (exact) mass is 279 g/mol. The minimum atomic E-state index is 0.200. The van der Waals surface area contributed by atoms with E-state index in [2.05, 4.69) is 30.0 Å². The molecule has 0 aromatic heterocycles. The molecule has 1 atom stereocenters. The van der Waals surface area contributed by atoms with Crippen molar-refractivity contribution in [2.75, 3.05) is 23.7 Å². The van der Waals surface area contributed by atoms with Crippen LogP contribution in [0, 0.1) is 5.92 Å². The molecule has 1 heterocycles. The van der Waals surface area contributed by atoms with Crippen molar-refractivity contribution < 1.29 is 5.21 Å². The quantitative estimate of drug-likeness (QED) is 0.292. The summed E-state index contributed by atoms with van der Waals surface area (Å²) in [6.45, 7) is 6.43. The summed E-state index contributed by atoms with van der Waals surface area (Å²) >= 11 is 1.72. The highest BCUT2D eigenvalue weighted by Crippen LogP contribution is 2.33. The fourth-order valence-electron chi connectivity index (χ4n) is 2.52. The maximum Gasteiger partial charge on any atom is 0.173 e. The highest BCUT2D eigenvalue weighted by molar-refractivity contribution is 7.99. The molecule has 1 unspecified atom stereocenters. The first-order valence-corrected chi connectivity index (χ1v) is 7.64. The summed E-state index contributed by atoms with van der Waals surface area (Å²) in [5, 5.41) is 12.2. The van der Waals surface area contributed by atoms with Gasteiger partial charge in [-0.2, -0.15) is 0 Å². The second-order valence-electron chi connectivity index (χ2n) is 4.91. The van der Waals surface area contributed by atoms with Crippen LogP contribution >= 0.6 is 11.8 Å². The number of nitrogens with zero attached hydrogens (tertiary/aromatic N) is 2. The second-order valence-corrected chi connectivity index (χ2v) is 6.21. The highest BCUT2D eigenvalue weighted by Gasteiger charge is 2.23. The van der Waals surface area contributed by atoms with Crippen molar-refractivity contribution in [1.82, 2.24) is 0 Å². The van der Waals surface area contributed by atoms with Gasteiger partial charge in [0.1, 0.15) is 0 Å². The molecule has 0 radical (unpaired) electrons. The van der Waals surface area contributed by atoms with Crippen LogP contribution in [0.1, 0.15) is 25.8 Å². The third kappa shape index (κ3) is 2.97. The van der Waals surface area contributed by atoms with E-state index in [0.29, 0.717) is 5.92 Å². The molecule has 0 bridgehead atoms. The zero-order valence-corrected chi connectivity index (χ0v) is 12.3. The van der Waals surface area contributed by atoms with Crippen LogP contribution in [0.25, 0.3) is 0 Å². The second kappa shape index (κ2) is 6.19. The van der Waals surface area contributed by atoms with E-state index in [-0.39, 0.29) is 5.84 Å².